The second-order valence-electron chi connectivity index (χ2n) is 4.38. The van der Waals surface area contributed by atoms with Gasteiger partial charge in [-0.15, -0.1) is 0 Å². The van der Waals surface area contributed by atoms with E-state index in [1.54, 1.807) is 0 Å². The van der Waals surface area contributed by atoms with E-state index >= 15 is 0 Å². The normalized spacial score (nSPS) is 61.9. The van der Waals surface area contributed by atoms with Crippen molar-refractivity contribution >= 4 is 0 Å². The zero-order chi connectivity index (χ0) is 7.91. The molecule has 3 rings (SSSR count). The highest BCUT2D eigenvalue weighted by Gasteiger charge is 2.96. The standard InChI is InChI=1S/C8H10F2O/c9-8(10)4-7(8)3-6(7)1-5(6)2-11/h5,11H,1-4H2/t5-,6-,7+/m0/s1. The van der Waals surface area contributed by atoms with Gasteiger partial charge in [0, 0.05) is 18.4 Å². The molecule has 3 atom stereocenters. The molecule has 0 saturated heterocycles. The van der Waals surface area contributed by atoms with Gasteiger partial charge in [-0.1, -0.05) is 0 Å². The first-order valence-corrected chi connectivity index (χ1v) is 4.07. The Morgan fingerprint density at radius 2 is 2.00 bits per heavy atom. The van der Waals surface area contributed by atoms with Crippen LogP contribution in [0, 0.1) is 16.7 Å². The number of fused-ring (bicyclic) bond motifs is 1. The number of alkyl halides is 2. The molecule has 3 aliphatic rings. The van der Waals surface area contributed by atoms with Crippen molar-refractivity contribution in [2.75, 3.05) is 6.61 Å². The highest BCUT2D eigenvalue weighted by atomic mass is 19.3. The summed E-state index contributed by atoms with van der Waals surface area (Å²) in [5, 5.41) is 8.77. The van der Waals surface area contributed by atoms with E-state index in [1.165, 1.54) is 0 Å². The van der Waals surface area contributed by atoms with Crippen molar-refractivity contribution in [1.82, 2.24) is 0 Å². The van der Waals surface area contributed by atoms with Gasteiger partial charge in [-0.05, 0) is 24.2 Å². The molecule has 62 valence electrons. The molecular weight excluding hydrogens is 150 g/mol. The lowest BCUT2D eigenvalue weighted by Gasteiger charge is -1.92. The lowest BCUT2D eigenvalue weighted by Crippen LogP contribution is -1.98. The van der Waals surface area contributed by atoms with Gasteiger partial charge in [0.15, 0.2) is 0 Å². The Morgan fingerprint density at radius 1 is 1.36 bits per heavy atom. The summed E-state index contributed by atoms with van der Waals surface area (Å²) >= 11 is 0. The van der Waals surface area contributed by atoms with E-state index < -0.39 is 11.3 Å². The van der Waals surface area contributed by atoms with Crippen molar-refractivity contribution < 1.29 is 13.9 Å². The molecule has 1 N–H and O–H groups in total. The van der Waals surface area contributed by atoms with Crippen LogP contribution in [0.1, 0.15) is 19.3 Å². The Morgan fingerprint density at radius 3 is 2.27 bits per heavy atom. The van der Waals surface area contributed by atoms with E-state index in [9.17, 15) is 8.78 Å². The van der Waals surface area contributed by atoms with Crippen LogP contribution in [0.25, 0.3) is 0 Å². The zero-order valence-corrected chi connectivity index (χ0v) is 6.11. The van der Waals surface area contributed by atoms with Gasteiger partial charge in [-0.3, -0.25) is 0 Å². The number of halogens is 2. The number of aliphatic hydroxyl groups excluding tert-OH is 1. The van der Waals surface area contributed by atoms with Crippen LogP contribution in [0.2, 0.25) is 0 Å². The maximum atomic E-state index is 12.7. The van der Waals surface area contributed by atoms with E-state index in [1.807, 2.05) is 0 Å². The van der Waals surface area contributed by atoms with Gasteiger partial charge in [0.1, 0.15) is 0 Å². The highest BCUT2D eigenvalue weighted by molar-refractivity contribution is 5.39. The molecule has 2 spiro atoms. The van der Waals surface area contributed by atoms with Crippen LogP contribution in [0.5, 0.6) is 0 Å². The average molecular weight is 160 g/mol. The Bertz CT molecular complexity index is 240. The lowest BCUT2D eigenvalue weighted by molar-refractivity contribution is 0.0864. The molecule has 0 aromatic heterocycles. The predicted octanol–water partition coefficient (Wildman–Crippen LogP) is 1.41. The molecule has 0 aliphatic heterocycles. The first-order chi connectivity index (χ1) is 5.08. The third-order valence-electron chi connectivity index (χ3n) is 4.00. The fourth-order valence-corrected chi connectivity index (χ4v) is 2.98. The summed E-state index contributed by atoms with van der Waals surface area (Å²) in [5.74, 6) is -2.17. The molecule has 3 heteroatoms. The molecule has 0 bridgehead atoms. The Balaban J connectivity index is 1.82. The molecule has 0 amide bonds. The fraction of sp³-hybridized carbons (Fsp3) is 1.00. The molecule has 11 heavy (non-hydrogen) atoms. The smallest absolute Gasteiger partial charge is 0.255 e. The summed E-state index contributed by atoms with van der Waals surface area (Å²) in [4.78, 5) is 0. The molecule has 3 saturated carbocycles. The van der Waals surface area contributed by atoms with Crippen molar-refractivity contribution in [2.45, 2.75) is 25.2 Å². The second-order valence-corrected chi connectivity index (χ2v) is 4.38. The first kappa shape index (κ1) is 6.35. The van der Waals surface area contributed by atoms with Crippen LogP contribution in [0.3, 0.4) is 0 Å². The maximum absolute atomic E-state index is 12.7. The maximum Gasteiger partial charge on any atom is 0.255 e. The van der Waals surface area contributed by atoms with Crippen molar-refractivity contribution in [3.05, 3.63) is 0 Å². The first-order valence-electron chi connectivity index (χ1n) is 4.07. The summed E-state index contributed by atoms with van der Waals surface area (Å²) in [6.45, 7) is 0.109. The summed E-state index contributed by atoms with van der Waals surface area (Å²) in [7, 11) is 0. The van der Waals surface area contributed by atoms with Crippen LogP contribution in [-0.4, -0.2) is 17.6 Å². The summed E-state index contributed by atoms with van der Waals surface area (Å²) in [6, 6.07) is 0. The predicted molar refractivity (Wildman–Crippen MR) is 34.2 cm³/mol. The van der Waals surface area contributed by atoms with E-state index in [0.717, 1.165) is 6.42 Å². The third-order valence-corrected chi connectivity index (χ3v) is 4.00. The largest absolute Gasteiger partial charge is 0.396 e. The van der Waals surface area contributed by atoms with Crippen LogP contribution in [-0.2, 0) is 0 Å². The van der Waals surface area contributed by atoms with Gasteiger partial charge in [-0.25, -0.2) is 8.78 Å². The van der Waals surface area contributed by atoms with Crippen LogP contribution in [0.4, 0.5) is 8.78 Å². The minimum atomic E-state index is -2.38. The summed E-state index contributed by atoms with van der Waals surface area (Å²) < 4.78 is 25.5. The molecule has 0 aromatic carbocycles. The van der Waals surface area contributed by atoms with Gasteiger partial charge in [0.05, 0.1) is 0 Å². The Hall–Kier alpha value is -0.180. The topological polar surface area (TPSA) is 20.2 Å². The average Bonchev–Trinajstić information content (AvgIpc) is 2.77. The summed E-state index contributed by atoms with van der Waals surface area (Å²) in [5.41, 5.74) is -0.710. The Kier molecular flexibility index (Phi) is 0.716. The SMILES string of the molecule is OC[C@@H]1C[C@]12C[C@@]21CC1(F)F. The molecule has 3 fully saturated rings. The van der Waals surface area contributed by atoms with Crippen molar-refractivity contribution in [2.24, 2.45) is 16.7 Å². The number of hydrogen-bond donors (Lipinski definition) is 1. The van der Waals surface area contributed by atoms with Crippen molar-refractivity contribution in [3.63, 3.8) is 0 Å². The second kappa shape index (κ2) is 1.24. The van der Waals surface area contributed by atoms with E-state index in [0.29, 0.717) is 6.42 Å². The van der Waals surface area contributed by atoms with Gasteiger partial charge in [0.25, 0.3) is 5.92 Å². The number of aliphatic hydroxyl groups is 1. The van der Waals surface area contributed by atoms with Gasteiger partial charge < -0.3 is 5.11 Å². The van der Waals surface area contributed by atoms with E-state index in [2.05, 4.69) is 0 Å². The van der Waals surface area contributed by atoms with Crippen molar-refractivity contribution in [3.8, 4) is 0 Å². The van der Waals surface area contributed by atoms with E-state index in [-0.39, 0.29) is 24.4 Å². The quantitative estimate of drug-likeness (QED) is 0.615. The monoisotopic (exact) mass is 160 g/mol. The third kappa shape index (κ3) is 0.443. The van der Waals surface area contributed by atoms with Gasteiger partial charge in [-0.2, -0.15) is 0 Å². The highest BCUT2D eigenvalue weighted by Crippen LogP contribution is 2.95. The Labute approximate surface area is 63.4 Å². The molecule has 0 aromatic rings. The summed E-state index contributed by atoms with van der Waals surface area (Å²) in [6.07, 6.45) is 1.62. The zero-order valence-electron chi connectivity index (χ0n) is 6.11. The van der Waals surface area contributed by atoms with Crippen molar-refractivity contribution in [1.29, 1.82) is 0 Å². The van der Waals surface area contributed by atoms with Gasteiger partial charge in [0.2, 0.25) is 0 Å². The minimum absolute atomic E-state index is 0.0920. The van der Waals surface area contributed by atoms with Crippen LogP contribution < -0.4 is 0 Å². The fourth-order valence-electron chi connectivity index (χ4n) is 2.98. The molecule has 1 nitrogen and oxygen atoms in total. The number of rotatable bonds is 1. The van der Waals surface area contributed by atoms with E-state index in [4.69, 9.17) is 5.11 Å². The molecule has 0 radical (unpaired) electrons. The van der Waals surface area contributed by atoms with Gasteiger partial charge >= 0.3 is 0 Å². The van der Waals surface area contributed by atoms with Crippen LogP contribution >= 0.6 is 0 Å². The minimum Gasteiger partial charge on any atom is -0.396 e. The lowest BCUT2D eigenvalue weighted by atomic mass is 10.2. The molecule has 3 aliphatic carbocycles. The number of hydrogen-bond acceptors (Lipinski definition) is 1. The van der Waals surface area contributed by atoms with Crippen LogP contribution in [0.15, 0.2) is 0 Å². The molecule has 0 heterocycles. The molecule has 0 unspecified atom stereocenters. The molecular formula is C8H10F2O.